The number of hydrogen-bond donors (Lipinski definition) is 2. The average molecular weight is 303 g/mol. The molecule has 0 aliphatic heterocycles. The third kappa shape index (κ3) is 4.06. The summed E-state index contributed by atoms with van der Waals surface area (Å²) < 4.78 is 0. The standard InChI is InChI=1S/C17H19ClN2O/c1-3-19-11-14-6-4-5-7-16(14)20-17(21)13-8-9-15(18)12(2)10-13/h4-10,19H,3,11H2,1-2H3,(H,20,21). The quantitative estimate of drug-likeness (QED) is 0.876. The molecule has 0 heterocycles. The van der Waals surface area contributed by atoms with Gasteiger partial charge in [-0.3, -0.25) is 4.79 Å². The largest absolute Gasteiger partial charge is 0.322 e. The lowest BCUT2D eigenvalue weighted by atomic mass is 10.1. The zero-order valence-electron chi connectivity index (χ0n) is 12.2. The Balaban J connectivity index is 2.17. The molecule has 0 fully saturated rings. The molecule has 2 aromatic rings. The first-order valence-electron chi connectivity index (χ1n) is 6.98. The Morgan fingerprint density at radius 3 is 2.67 bits per heavy atom. The molecule has 21 heavy (non-hydrogen) atoms. The number of anilines is 1. The average Bonchev–Trinajstić information content (AvgIpc) is 2.49. The molecule has 2 aromatic carbocycles. The highest BCUT2D eigenvalue weighted by Gasteiger charge is 2.09. The number of aryl methyl sites for hydroxylation is 1. The van der Waals surface area contributed by atoms with E-state index in [2.05, 4.69) is 17.6 Å². The lowest BCUT2D eigenvalue weighted by Gasteiger charge is -2.12. The Bertz CT molecular complexity index is 640. The summed E-state index contributed by atoms with van der Waals surface area (Å²) in [4.78, 5) is 12.3. The summed E-state index contributed by atoms with van der Waals surface area (Å²) in [5, 5.41) is 6.89. The van der Waals surface area contributed by atoms with Crippen molar-refractivity contribution in [3.63, 3.8) is 0 Å². The van der Waals surface area contributed by atoms with E-state index >= 15 is 0 Å². The maximum Gasteiger partial charge on any atom is 0.255 e. The van der Waals surface area contributed by atoms with Gasteiger partial charge in [-0.1, -0.05) is 36.7 Å². The molecule has 2 rings (SSSR count). The molecule has 0 spiro atoms. The summed E-state index contributed by atoms with van der Waals surface area (Å²) in [6.45, 7) is 5.56. The Morgan fingerprint density at radius 2 is 1.95 bits per heavy atom. The van der Waals surface area contributed by atoms with E-state index in [-0.39, 0.29) is 5.91 Å². The van der Waals surface area contributed by atoms with E-state index in [1.165, 1.54) is 0 Å². The zero-order valence-corrected chi connectivity index (χ0v) is 13.0. The molecule has 2 N–H and O–H groups in total. The Hall–Kier alpha value is -1.84. The van der Waals surface area contributed by atoms with Crippen LogP contribution in [0.2, 0.25) is 5.02 Å². The minimum Gasteiger partial charge on any atom is -0.322 e. The molecule has 110 valence electrons. The second-order valence-corrected chi connectivity index (χ2v) is 5.26. The van der Waals surface area contributed by atoms with Gasteiger partial charge in [0.1, 0.15) is 0 Å². The van der Waals surface area contributed by atoms with Gasteiger partial charge in [0, 0.05) is 22.8 Å². The Kier molecular flexibility index (Phi) is 5.37. The lowest BCUT2D eigenvalue weighted by Crippen LogP contribution is -2.17. The third-order valence-electron chi connectivity index (χ3n) is 3.25. The van der Waals surface area contributed by atoms with Gasteiger partial charge in [0.05, 0.1) is 0 Å². The van der Waals surface area contributed by atoms with E-state index in [0.717, 1.165) is 29.9 Å². The van der Waals surface area contributed by atoms with Crippen LogP contribution in [0, 0.1) is 6.92 Å². The van der Waals surface area contributed by atoms with Crippen molar-refractivity contribution in [3.8, 4) is 0 Å². The van der Waals surface area contributed by atoms with Gasteiger partial charge < -0.3 is 10.6 Å². The summed E-state index contributed by atoms with van der Waals surface area (Å²) in [5.74, 6) is -0.126. The maximum absolute atomic E-state index is 12.3. The monoisotopic (exact) mass is 302 g/mol. The van der Waals surface area contributed by atoms with Crippen LogP contribution in [0.4, 0.5) is 5.69 Å². The van der Waals surface area contributed by atoms with Crippen molar-refractivity contribution in [2.45, 2.75) is 20.4 Å². The molecule has 0 saturated heterocycles. The Labute approximate surface area is 130 Å². The molecule has 4 heteroatoms. The minimum atomic E-state index is -0.126. The molecule has 3 nitrogen and oxygen atoms in total. The maximum atomic E-state index is 12.3. The van der Waals surface area contributed by atoms with Gasteiger partial charge in [-0.15, -0.1) is 0 Å². The van der Waals surface area contributed by atoms with Crippen LogP contribution in [-0.2, 0) is 6.54 Å². The first kappa shape index (κ1) is 15.5. The fourth-order valence-electron chi connectivity index (χ4n) is 2.04. The van der Waals surface area contributed by atoms with Crippen molar-refractivity contribution in [1.82, 2.24) is 5.32 Å². The molecular formula is C17H19ClN2O. The van der Waals surface area contributed by atoms with Crippen LogP contribution in [-0.4, -0.2) is 12.5 Å². The fraction of sp³-hybridized carbons (Fsp3) is 0.235. The van der Waals surface area contributed by atoms with E-state index in [1.807, 2.05) is 31.2 Å². The van der Waals surface area contributed by atoms with Crippen molar-refractivity contribution in [3.05, 3.63) is 64.2 Å². The van der Waals surface area contributed by atoms with Crippen molar-refractivity contribution in [1.29, 1.82) is 0 Å². The van der Waals surface area contributed by atoms with Crippen molar-refractivity contribution in [2.75, 3.05) is 11.9 Å². The number of carbonyl (C=O) groups is 1. The van der Waals surface area contributed by atoms with E-state index in [4.69, 9.17) is 11.6 Å². The van der Waals surface area contributed by atoms with Crippen LogP contribution in [0.5, 0.6) is 0 Å². The normalized spacial score (nSPS) is 10.4. The van der Waals surface area contributed by atoms with Crippen LogP contribution in [0.1, 0.15) is 28.4 Å². The molecule has 0 aliphatic rings. The first-order valence-corrected chi connectivity index (χ1v) is 7.35. The molecule has 0 atom stereocenters. The SMILES string of the molecule is CCNCc1ccccc1NC(=O)c1ccc(Cl)c(C)c1. The topological polar surface area (TPSA) is 41.1 Å². The van der Waals surface area contributed by atoms with Crippen molar-refractivity contribution >= 4 is 23.2 Å². The number of halogens is 1. The van der Waals surface area contributed by atoms with Crippen LogP contribution in [0.3, 0.4) is 0 Å². The van der Waals surface area contributed by atoms with Gasteiger partial charge in [0.15, 0.2) is 0 Å². The molecule has 0 saturated carbocycles. The Morgan fingerprint density at radius 1 is 1.19 bits per heavy atom. The fourth-order valence-corrected chi connectivity index (χ4v) is 2.15. The van der Waals surface area contributed by atoms with Gasteiger partial charge in [-0.05, 0) is 48.9 Å². The van der Waals surface area contributed by atoms with E-state index < -0.39 is 0 Å². The molecule has 1 amide bonds. The number of rotatable bonds is 5. The predicted molar refractivity (Wildman–Crippen MR) is 88.0 cm³/mol. The smallest absolute Gasteiger partial charge is 0.255 e. The number of benzene rings is 2. The number of hydrogen-bond acceptors (Lipinski definition) is 2. The van der Waals surface area contributed by atoms with Crippen molar-refractivity contribution in [2.24, 2.45) is 0 Å². The van der Waals surface area contributed by atoms with E-state index in [9.17, 15) is 4.79 Å². The highest BCUT2D eigenvalue weighted by atomic mass is 35.5. The summed E-state index contributed by atoms with van der Waals surface area (Å²) in [7, 11) is 0. The molecule has 0 aliphatic carbocycles. The van der Waals surface area contributed by atoms with Crippen LogP contribution >= 0.6 is 11.6 Å². The second-order valence-electron chi connectivity index (χ2n) is 4.86. The number of para-hydroxylation sites is 1. The molecule has 0 unspecified atom stereocenters. The zero-order chi connectivity index (χ0) is 15.2. The van der Waals surface area contributed by atoms with Gasteiger partial charge in [-0.25, -0.2) is 0 Å². The van der Waals surface area contributed by atoms with Crippen LogP contribution in [0.25, 0.3) is 0 Å². The summed E-state index contributed by atoms with van der Waals surface area (Å²) >= 11 is 5.99. The van der Waals surface area contributed by atoms with Crippen molar-refractivity contribution < 1.29 is 4.79 Å². The summed E-state index contributed by atoms with van der Waals surface area (Å²) in [6, 6.07) is 13.1. The highest BCUT2D eigenvalue weighted by molar-refractivity contribution is 6.31. The number of nitrogens with one attached hydrogen (secondary N) is 2. The van der Waals surface area contributed by atoms with Gasteiger partial charge in [0.25, 0.3) is 5.91 Å². The van der Waals surface area contributed by atoms with E-state index in [1.54, 1.807) is 18.2 Å². The van der Waals surface area contributed by atoms with Gasteiger partial charge in [0.2, 0.25) is 0 Å². The van der Waals surface area contributed by atoms with Gasteiger partial charge in [-0.2, -0.15) is 0 Å². The van der Waals surface area contributed by atoms with Crippen LogP contribution in [0.15, 0.2) is 42.5 Å². The summed E-state index contributed by atoms with van der Waals surface area (Å²) in [6.07, 6.45) is 0. The third-order valence-corrected chi connectivity index (χ3v) is 3.68. The van der Waals surface area contributed by atoms with Gasteiger partial charge >= 0.3 is 0 Å². The highest BCUT2D eigenvalue weighted by Crippen LogP contribution is 2.19. The first-order chi connectivity index (χ1) is 10.1. The lowest BCUT2D eigenvalue weighted by molar-refractivity contribution is 0.102. The molecule has 0 radical (unpaired) electrons. The minimum absolute atomic E-state index is 0.126. The predicted octanol–water partition coefficient (Wildman–Crippen LogP) is 4.01. The second kappa shape index (κ2) is 7.25. The molecular weight excluding hydrogens is 284 g/mol. The number of carbonyl (C=O) groups excluding carboxylic acids is 1. The molecule has 0 bridgehead atoms. The van der Waals surface area contributed by atoms with E-state index in [0.29, 0.717) is 10.6 Å². The van der Waals surface area contributed by atoms with Crippen LogP contribution < -0.4 is 10.6 Å². The summed E-state index contributed by atoms with van der Waals surface area (Å²) in [5.41, 5.74) is 3.40. The number of amides is 1. The molecule has 0 aromatic heterocycles.